The van der Waals surface area contributed by atoms with Crippen molar-refractivity contribution >= 4 is 8.32 Å². The molecule has 2 heteroatoms. The fraction of sp³-hybridized carbons (Fsp3) is 0.500. The first-order chi connectivity index (χ1) is 4.64. The van der Waals surface area contributed by atoms with E-state index in [1.807, 2.05) is 6.08 Å². The van der Waals surface area contributed by atoms with Crippen LogP contribution in [0.3, 0.4) is 0 Å². The van der Waals surface area contributed by atoms with Crippen LogP contribution < -0.4 is 0 Å². The Hall–Kier alpha value is -0.343. The van der Waals surface area contributed by atoms with Crippen LogP contribution >= 0.6 is 0 Å². The van der Waals surface area contributed by atoms with Crippen LogP contribution in [-0.2, 0) is 4.43 Å². The zero-order chi connectivity index (χ0) is 7.61. The molecule has 0 aliphatic carbocycles. The van der Waals surface area contributed by atoms with E-state index in [0.29, 0.717) is 0 Å². The lowest BCUT2D eigenvalue weighted by atomic mass is 10.3. The van der Waals surface area contributed by atoms with Crippen molar-refractivity contribution in [2.75, 3.05) is 0 Å². The van der Waals surface area contributed by atoms with Crippen molar-refractivity contribution in [2.24, 2.45) is 0 Å². The summed E-state index contributed by atoms with van der Waals surface area (Å²) in [4.78, 5) is 0. The summed E-state index contributed by atoms with van der Waals surface area (Å²) < 4.78 is 5.76. The third-order valence-electron chi connectivity index (χ3n) is 1.62. The fourth-order valence-corrected chi connectivity index (χ4v) is 2.78. The van der Waals surface area contributed by atoms with Gasteiger partial charge in [-0.3, -0.25) is 0 Å². The minimum Gasteiger partial charge on any atom is -0.407 e. The van der Waals surface area contributed by atoms with Gasteiger partial charge >= 0.3 is 0 Å². The number of hydrogen-bond acceptors (Lipinski definition) is 1. The van der Waals surface area contributed by atoms with Crippen LogP contribution in [0.1, 0.15) is 0 Å². The molecular formula is C8H14OSi. The second kappa shape index (κ2) is 2.72. The molecule has 1 aliphatic rings. The minimum atomic E-state index is -1.33. The zero-order valence-electron chi connectivity index (χ0n) is 6.63. The van der Waals surface area contributed by atoms with Crippen LogP contribution in [0.4, 0.5) is 0 Å². The Morgan fingerprint density at radius 2 is 2.40 bits per heavy atom. The summed E-state index contributed by atoms with van der Waals surface area (Å²) in [5.41, 5.74) is 0. The van der Waals surface area contributed by atoms with Crippen LogP contribution in [-0.4, -0.2) is 14.4 Å². The highest BCUT2D eigenvalue weighted by molar-refractivity contribution is 6.71. The standard InChI is InChI=1S/C8H14OSi/c1-4-8-6-5-7-10(2,3)9-8/h4-6,8H,1,7H2,2-3H3. The maximum Gasteiger partial charge on any atom is 0.191 e. The second-order valence-corrected chi connectivity index (χ2v) is 7.37. The van der Waals surface area contributed by atoms with Crippen molar-refractivity contribution in [1.29, 1.82) is 0 Å². The molecule has 1 aliphatic heterocycles. The Kier molecular flexibility index (Phi) is 2.11. The van der Waals surface area contributed by atoms with Gasteiger partial charge in [0.05, 0.1) is 6.10 Å². The van der Waals surface area contributed by atoms with Gasteiger partial charge in [-0.1, -0.05) is 18.2 Å². The third-order valence-corrected chi connectivity index (χ3v) is 3.75. The third kappa shape index (κ3) is 1.82. The molecule has 0 aromatic rings. The SMILES string of the molecule is C=CC1C=CC[Si](C)(C)O1. The van der Waals surface area contributed by atoms with Crippen LogP contribution in [0.25, 0.3) is 0 Å². The van der Waals surface area contributed by atoms with Gasteiger partial charge in [0, 0.05) is 0 Å². The van der Waals surface area contributed by atoms with E-state index in [2.05, 4.69) is 31.8 Å². The molecule has 0 amide bonds. The predicted molar refractivity (Wildman–Crippen MR) is 46.5 cm³/mol. The normalized spacial score (nSPS) is 30.0. The van der Waals surface area contributed by atoms with Gasteiger partial charge in [-0.15, -0.1) is 6.58 Å². The molecule has 0 N–H and O–H groups in total. The van der Waals surface area contributed by atoms with Crippen molar-refractivity contribution in [3.05, 3.63) is 24.8 Å². The Morgan fingerprint density at radius 3 is 2.80 bits per heavy atom. The molecule has 0 spiro atoms. The molecule has 0 bridgehead atoms. The van der Waals surface area contributed by atoms with Gasteiger partial charge < -0.3 is 4.43 Å². The zero-order valence-corrected chi connectivity index (χ0v) is 7.63. The van der Waals surface area contributed by atoms with Gasteiger partial charge in [-0.05, 0) is 19.1 Å². The maximum absolute atomic E-state index is 5.76. The molecule has 10 heavy (non-hydrogen) atoms. The molecule has 56 valence electrons. The molecule has 0 aromatic carbocycles. The van der Waals surface area contributed by atoms with Gasteiger partial charge in [-0.2, -0.15) is 0 Å². The lowest BCUT2D eigenvalue weighted by molar-refractivity contribution is 0.281. The molecule has 1 rings (SSSR count). The summed E-state index contributed by atoms with van der Waals surface area (Å²) >= 11 is 0. The van der Waals surface area contributed by atoms with Gasteiger partial charge in [-0.25, -0.2) is 0 Å². The molecule has 0 saturated carbocycles. The van der Waals surface area contributed by atoms with Crippen molar-refractivity contribution in [2.45, 2.75) is 25.2 Å². The molecule has 1 heterocycles. The summed E-state index contributed by atoms with van der Waals surface area (Å²) in [6, 6.07) is 1.14. The van der Waals surface area contributed by atoms with E-state index >= 15 is 0 Å². The maximum atomic E-state index is 5.76. The predicted octanol–water partition coefficient (Wildman–Crippen LogP) is 2.33. The fourth-order valence-electron chi connectivity index (χ4n) is 1.07. The quantitative estimate of drug-likeness (QED) is 0.416. The lowest BCUT2D eigenvalue weighted by Crippen LogP contribution is -2.35. The van der Waals surface area contributed by atoms with Gasteiger partial charge in [0.15, 0.2) is 8.32 Å². The summed E-state index contributed by atoms with van der Waals surface area (Å²) in [6.45, 7) is 8.15. The van der Waals surface area contributed by atoms with E-state index in [4.69, 9.17) is 4.43 Å². The molecule has 0 radical (unpaired) electrons. The van der Waals surface area contributed by atoms with E-state index in [0.717, 1.165) is 6.04 Å². The highest BCUT2D eigenvalue weighted by Crippen LogP contribution is 2.20. The van der Waals surface area contributed by atoms with E-state index in [1.165, 1.54) is 0 Å². The van der Waals surface area contributed by atoms with Gasteiger partial charge in [0.25, 0.3) is 0 Å². The van der Waals surface area contributed by atoms with Gasteiger partial charge in [0.1, 0.15) is 0 Å². The highest BCUT2D eigenvalue weighted by atomic mass is 28.4. The molecular weight excluding hydrogens is 140 g/mol. The van der Waals surface area contributed by atoms with Crippen molar-refractivity contribution in [1.82, 2.24) is 0 Å². The Bertz CT molecular complexity index is 161. The first-order valence-electron chi connectivity index (χ1n) is 3.61. The van der Waals surface area contributed by atoms with Crippen LogP contribution in [0.5, 0.6) is 0 Å². The summed E-state index contributed by atoms with van der Waals surface area (Å²) in [7, 11) is -1.33. The Labute approximate surface area is 63.5 Å². The van der Waals surface area contributed by atoms with E-state index in [9.17, 15) is 0 Å². The number of hydrogen-bond donors (Lipinski definition) is 0. The van der Waals surface area contributed by atoms with Crippen molar-refractivity contribution in [3.8, 4) is 0 Å². The van der Waals surface area contributed by atoms with Crippen molar-refractivity contribution < 1.29 is 4.43 Å². The Morgan fingerprint density at radius 1 is 1.70 bits per heavy atom. The smallest absolute Gasteiger partial charge is 0.191 e. The summed E-state index contributed by atoms with van der Waals surface area (Å²) in [6.07, 6.45) is 6.31. The first-order valence-corrected chi connectivity index (χ1v) is 6.73. The first kappa shape index (κ1) is 7.76. The van der Waals surface area contributed by atoms with Crippen LogP contribution in [0, 0.1) is 0 Å². The lowest BCUT2D eigenvalue weighted by Gasteiger charge is -2.28. The average molecular weight is 154 g/mol. The van der Waals surface area contributed by atoms with Crippen molar-refractivity contribution in [3.63, 3.8) is 0 Å². The molecule has 0 saturated heterocycles. The minimum absolute atomic E-state index is 0.176. The monoisotopic (exact) mass is 154 g/mol. The topological polar surface area (TPSA) is 9.23 Å². The number of allylic oxidation sites excluding steroid dienone is 1. The molecule has 0 fully saturated rings. The Balaban J connectivity index is 2.62. The van der Waals surface area contributed by atoms with Gasteiger partial charge in [0.2, 0.25) is 0 Å². The van der Waals surface area contributed by atoms with E-state index in [1.54, 1.807) is 0 Å². The number of rotatable bonds is 1. The molecule has 0 aromatic heterocycles. The molecule has 1 nitrogen and oxygen atoms in total. The molecule has 1 unspecified atom stereocenters. The second-order valence-electron chi connectivity index (χ2n) is 3.21. The summed E-state index contributed by atoms with van der Waals surface area (Å²) in [5, 5.41) is 0. The largest absolute Gasteiger partial charge is 0.407 e. The molecule has 1 atom stereocenters. The van der Waals surface area contributed by atoms with E-state index < -0.39 is 8.32 Å². The average Bonchev–Trinajstić information content (AvgIpc) is 1.86. The highest BCUT2D eigenvalue weighted by Gasteiger charge is 2.25. The van der Waals surface area contributed by atoms with Crippen LogP contribution in [0.2, 0.25) is 19.1 Å². The van der Waals surface area contributed by atoms with Crippen LogP contribution in [0.15, 0.2) is 24.8 Å². The summed E-state index contributed by atoms with van der Waals surface area (Å²) in [5.74, 6) is 0. The van der Waals surface area contributed by atoms with E-state index in [-0.39, 0.29) is 6.10 Å².